The Labute approximate surface area is 167 Å². The minimum absolute atomic E-state index is 0.0949. The molecule has 0 bridgehead atoms. The van der Waals surface area contributed by atoms with Gasteiger partial charge in [0, 0.05) is 23.9 Å². The standard InChI is InChI=1S/C21H21N3O3S/c1-13-17(10-15-6-4-3-5-7-15)24-21(22-13)28-14(2)20(25)23-16-8-9-18-19(11-16)27-12-26-18/h3-9,11,14H,10,12H2,1-2H3,(H,22,24)(H,23,25)/t14-/m1/s1. The lowest BCUT2D eigenvalue weighted by molar-refractivity contribution is -0.115. The molecule has 1 amide bonds. The van der Waals surface area contributed by atoms with Gasteiger partial charge in [-0.2, -0.15) is 0 Å². The zero-order chi connectivity index (χ0) is 19.5. The number of aromatic amines is 1. The normalized spacial score (nSPS) is 13.4. The van der Waals surface area contributed by atoms with Crippen molar-refractivity contribution in [2.45, 2.75) is 30.7 Å². The van der Waals surface area contributed by atoms with Gasteiger partial charge in [0.05, 0.1) is 10.9 Å². The lowest BCUT2D eigenvalue weighted by Crippen LogP contribution is -2.22. The summed E-state index contributed by atoms with van der Waals surface area (Å²) in [4.78, 5) is 20.5. The van der Waals surface area contributed by atoms with Crippen molar-refractivity contribution in [2.75, 3.05) is 12.1 Å². The van der Waals surface area contributed by atoms with Crippen LogP contribution in [0.2, 0.25) is 0 Å². The topological polar surface area (TPSA) is 76.2 Å². The van der Waals surface area contributed by atoms with E-state index in [2.05, 4.69) is 27.4 Å². The minimum atomic E-state index is -0.305. The molecule has 0 fully saturated rings. The number of ether oxygens (including phenoxy) is 2. The Bertz CT molecular complexity index is 988. The molecular formula is C21H21N3O3S. The third kappa shape index (κ3) is 4.14. The fourth-order valence-electron chi connectivity index (χ4n) is 2.92. The van der Waals surface area contributed by atoms with Crippen LogP contribution in [0, 0.1) is 6.92 Å². The summed E-state index contributed by atoms with van der Waals surface area (Å²) in [6, 6.07) is 15.6. The Hall–Kier alpha value is -2.93. The maximum Gasteiger partial charge on any atom is 0.237 e. The molecule has 0 saturated heterocycles. The van der Waals surface area contributed by atoms with E-state index in [1.807, 2.05) is 32.0 Å². The summed E-state index contributed by atoms with van der Waals surface area (Å²) in [5.74, 6) is 1.24. The Kier molecular flexibility index (Phi) is 5.25. The number of benzene rings is 2. The third-order valence-electron chi connectivity index (χ3n) is 4.48. The van der Waals surface area contributed by atoms with E-state index in [-0.39, 0.29) is 18.0 Å². The van der Waals surface area contributed by atoms with Gasteiger partial charge >= 0.3 is 0 Å². The summed E-state index contributed by atoms with van der Waals surface area (Å²) in [7, 11) is 0. The molecule has 1 aliphatic rings. The van der Waals surface area contributed by atoms with Gasteiger partial charge in [0.15, 0.2) is 16.7 Å². The van der Waals surface area contributed by atoms with E-state index in [0.29, 0.717) is 17.2 Å². The van der Waals surface area contributed by atoms with Gasteiger partial charge in [0.25, 0.3) is 0 Å². The molecule has 4 rings (SSSR count). The van der Waals surface area contributed by atoms with Gasteiger partial charge in [-0.15, -0.1) is 0 Å². The van der Waals surface area contributed by atoms with Crippen molar-refractivity contribution < 1.29 is 14.3 Å². The first-order valence-electron chi connectivity index (χ1n) is 9.05. The summed E-state index contributed by atoms with van der Waals surface area (Å²) < 4.78 is 10.6. The number of carbonyl (C=O) groups is 1. The van der Waals surface area contributed by atoms with Gasteiger partial charge in [-0.3, -0.25) is 4.79 Å². The van der Waals surface area contributed by atoms with Crippen LogP contribution < -0.4 is 14.8 Å². The molecule has 0 saturated carbocycles. The lowest BCUT2D eigenvalue weighted by Gasteiger charge is -2.11. The highest BCUT2D eigenvalue weighted by Crippen LogP contribution is 2.34. The van der Waals surface area contributed by atoms with Crippen LogP contribution in [0.1, 0.15) is 23.9 Å². The fraction of sp³-hybridized carbons (Fsp3) is 0.238. The monoisotopic (exact) mass is 395 g/mol. The van der Waals surface area contributed by atoms with Crippen LogP contribution in [-0.2, 0) is 11.2 Å². The number of H-pyrrole nitrogens is 1. The van der Waals surface area contributed by atoms with E-state index in [4.69, 9.17) is 9.47 Å². The van der Waals surface area contributed by atoms with Crippen molar-refractivity contribution in [3.63, 3.8) is 0 Å². The number of hydrogen-bond acceptors (Lipinski definition) is 5. The Balaban J connectivity index is 1.38. The van der Waals surface area contributed by atoms with Gasteiger partial charge in [0.1, 0.15) is 0 Å². The quantitative estimate of drug-likeness (QED) is 0.613. The molecule has 28 heavy (non-hydrogen) atoms. The highest BCUT2D eigenvalue weighted by molar-refractivity contribution is 8.00. The van der Waals surface area contributed by atoms with Gasteiger partial charge in [0.2, 0.25) is 12.7 Å². The fourth-order valence-corrected chi connectivity index (χ4v) is 3.80. The molecule has 0 spiro atoms. The summed E-state index contributed by atoms with van der Waals surface area (Å²) in [6.07, 6.45) is 0.765. The van der Waals surface area contributed by atoms with Gasteiger partial charge in [-0.05, 0) is 31.5 Å². The Morgan fingerprint density at radius 1 is 1.21 bits per heavy atom. The van der Waals surface area contributed by atoms with Crippen LogP contribution in [0.4, 0.5) is 5.69 Å². The van der Waals surface area contributed by atoms with E-state index < -0.39 is 0 Å². The van der Waals surface area contributed by atoms with Crippen LogP contribution in [0.25, 0.3) is 0 Å². The predicted molar refractivity (Wildman–Crippen MR) is 109 cm³/mol. The van der Waals surface area contributed by atoms with E-state index >= 15 is 0 Å². The van der Waals surface area contributed by atoms with Crippen molar-refractivity contribution in [1.29, 1.82) is 0 Å². The van der Waals surface area contributed by atoms with Crippen molar-refractivity contribution >= 4 is 23.4 Å². The summed E-state index contributed by atoms with van der Waals surface area (Å²) in [6.45, 7) is 4.08. The first-order valence-corrected chi connectivity index (χ1v) is 9.93. The molecule has 0 aliphatic carbocycles. The number of hydrogen-bond donors (Lipinski definition) is 2. The number of amides is 1. The third-order valence-corrected chi connectivity index (χ3v) is 5.46. The molecule has 1 atom stereocenters. The highest BCUT2D eigenvalue weighted by Gasteiger charge is 2.19. The average molecular weight is 395 g/mol. The molecule has 6 nitrogen and oxygen atoms in total. The predicted octanol–water partition coefficient (Wildman–Crippen LogP) is 4.16. The summed E-state index contributed by atoms with van der Waals surface area (Å²) in [5.41, 5.74) is 3.91. The maximum absolute atomic E-state index is 12.6. The van der Waals surface area contributed by atoms with E-state index in [1.54, 1.807) is 18.2 Å². The molecule has 3 aromatic rings. The molecule has 2 N–H and O–H groups in total. The number of nitrogens with zero attached hydrogens (tertiary/aromatic N) is 1. The van der Waals surface area contributed by atoms with Gasteiger partial charge < -0.3 is 19.8 Å². The first-order chi connectivity index (χ1) is 13.6. The minimum Gasteiger partial charge on any atom is -0.454 e. The van der Waals surface area contributed by atoms with Crippen LogP contribution in [0.5, 0.6) is 11.5 Å². The average Bonchev–Trinajstić information content (AvgIpc) is 3.28. The SMILES string of the molecule is Cc1[nH]c(S[C@H](C)C(=O)Nc2ccc3c(c2)OCO3)nc1Cc1ccccc1. The first kappa shape index (κ1) is 18.4. The smallest absolute Gasteiger partial charge is 0.237 e. The van der Waals surface area contributed by atoms with Crippen molar-refractivity contribution in [2.24, 2.45) is 0 Å². The van der Waals surface area contributed by atoms with E-state index in [0.717, 1.165) is 23.0 Å². The molecule has 1 aliphatic heterocycles. The molecule has 0 unspecified atom stereocenters. The summed E-state index contributed by atoms with van der Waals surface area (Å²) in [5, 5.41) is 3.36. The zero-order valence-electron chi connectivity index (χ0n) is 15.7. The second-order valence-corrected chi connectivity index (χ2v) is 7.92. The number of fused-ring (bicyclic) bond motifs is 1. The second-order valence-electron chi connectivity index (χ2n) is 6.59. The number of carbonyl (C=O) groups excluding carboxylic acids is 1. The number of nitrogens with one attached hydrogen (secondary N) is 2. The highest BCUT2D eigenvalue weighted by atomic mass is 32.2. The lowest BCUT2D eigenvalue weighted by atomic mass is 10.1. The van der Waals surface area contributed by atoms with E-state index in [1.165, 1.54) is 17.3 Å². The Morgan fingerprint density at radius 2 is 2.00 bits per heavy atom. The molecule has 7 heteroatoms. The number of anilines is 1. The molecule has 0 radical (unpaired) electrons. The Morgan fingerprint density at radius 3 is 2.82 bits per heavy atom. The number of thioether (sulfide) groups is 1. The van der Waals surface area contributed by atoms with Crippen molar-refractivity contribution in [3.05, 3.63) is 65.5 Å². The molecule has 2 aromatic carbocycles. The van der Waals surface area contributed by atoms with Crippen LogP contribution in [0.15, 0.2) is 53.7 Å². The van der Waals surface area contributed by atoms with Crippen LogP contribution in [0.3, 0.4) is 0 Å². The van der Waals surface area contributed by atoms with Gasteiger partial charge in [-0.1, -0.05) is 42.1 Å². The second kappa shape index (κ2) is 7.98. The molecule has 2 heterocycles. The van der Waals surface area contributed by atoms with E-state index in [9.17, 15) is 4.79 Å². The number of aryl methyl sites for hydroxylation is 1. The van der Waals surface area contributed by atoms with Gasteiger partial charge in [-0.25, -0.2) is 4.98 Å². The zero-order valence-corrected chi connectivity index (χ0v) is 16.5. The summed E-state index contributed by atoms with van der Waals surface area (Å²) >= 11 is 1.41. The molecule has 144 valence electrons. The molecule has 1 aromatic heterocycles. The van der Waals surface area contributed by atoms with Crippen molar-refractivity contribution in [1.82, 2.24) is 9.97 Å². The van der Waals surface area contributed by atoms with Crippen LogP contribution >= 0.6 is 11.8 Å². The largest absolute Gasteiger partial charge is 0.454 e. The molecular weight excluding hydrogens is 374 g/mol. The number of aromatic nitrogens is 2. The number of imidazole rings is 1. The maximum atomic E-state index is 12.6. The van der Waals surface area contributed by atoms with Crippen LogP contribution in [-0.4, -0.2) is 27.9 Å². The van der Waals surface area contributed by atoms with Crippen molar-refractivity contribution in [3.8, 4) is 11.5 Å². The number of rotatable bonds is 6.